The molecule has 0 saturated carbocycles. The first-order chi connectivity index (χ1) is 16.3. The number of aliphatic carboxylic acids is 1. The van der Waals surface area contributed by atoms with E-state index in [1.807, 2.05) is 48.5 Å². The van der Waals surface area contributed by atoms with E-state index in [1.165, 1.54) is 18.2 Å². The van der Waals surface area contributed by atoms with E-state index in [2.05, 4.69) is 26.6 Å². The van der Waals surface area contributed by atoms with Gasteiger partial charge in [0.05, 0.1) is 16.6 Å². The van der Waals surface area contributed by atoms with Gasteiger partial charge in [-0.2, -0.15) is 0 Å². The molecule has 0 spiro atoms. The van der Waals surface area contributed by atoms with Gasteiger partial charge in [-0.15, -0.1) is 0 Å². The molecule has 3 aromatic carbocycles. The maximum absolute atomic E-state index is 14.2. The van der Waals surface area contributed by atoms with Crippen LogP contribution in [0, 0.1) is 5.82 Å². The van der Waals surface area contributed by atoms with Gasteiger partial charge in [-0.25, -0.2) is 9.18 Å². The zero-order valence-electron chi connectivity index (χ0n) is 17.8. The fourth-order valence-corrected chi connectivity index (χ4v) is 4.35. The number of amides is 2. The summed E-state index contributed by atoms with van der Waals surface area (Å²) < 4.78 is 19.7. The van der Waals surface area contributed by atoms with Crippen LogP contribution in [-0.4, -0.2) is 35.7 Å². The highest BCUT2D eigenvalue weighted by molar-refractivity contribution is 9.10. The number of anilines is 1. The summed E-state index contributed by atoms with van der Waals surface area (Å²) in [6.07, 6.45) is -1.65. The van der Waals surface area contributed by atoms with Gasteiger partial charge in [0.25, 0.3) is 0 Å². The standard InChI is InChI=1S/C25H20BrFN2O5/c26-19-10-5-11-20(23(19)27)28-24(32)21(12-22(30)31)29-25(33)34-13-18-16-8-3-1-6-14(16)15-7-2-4-9-17(15)18/h1-11,18,21H,12-13H2,(H,28,32)(H,29,33)(H,30,31). The van der Waals surface area contributed by atoms with Crippen molar-refractivity contribution in [2.75, 3.05) is 11.9 Å². The van der Waals surface area contributed by atoms with Crippen molar-refractivity contribution in [3.05, 3.63) is 88.1 Å². The van der Waals surface area contributed by atoms with Crippen molar-refractivity contribution in [2.24, 2.45) is 0 Å². The van der Waals surface area contributed by atoms with Crippen molar-refractivity contribution < 1.29 is 28.6 Å². The Kier molecular flexibility index (Phi) is 6.93. The zero-order chi connectivity index (χ0) is 24.2. The molecule has 34 heavy (non-hydrogen) atoms. The van der Waals surface area contributed by atoms with E-state index < -0.39 is 36.2 Å². The Morgan fingerprint density at radius 1 is 0.971 bits per heavy atom. The molecule has 0 aromatic heterocycles. The van der Waals surface area contributed by atoms with E-state index in [4.69, 9.17) is 4.74 Å². The predicted octanol–water partition coefficient (Wildman–Crippen LogP) is 4.91. The smallest absolute Gasteiger partial charge is 0.407 e. The molecule has 0 fully saturated rings. The average molecular weight is 527 g/mol. The molecule has 7 nitrogen and oxygen atoms in total. The number of carbonyl (C=O) groups excluding carboxylic acids is 2. The van der Waals surface area contributed by atoms with Gasteiger partial charge >= 0.3 is 12.1 Å². The summed E-state index contributed by atoms with van der Waals surface area (Å²) >= 11 is 3.02. The van der Waals surface area contributed by atoms with Crippen LogP contribution in [0.15, 0.2) is 71.2 Å². The van der Waals surface area contributed by atoms with Crippen molar-refractivity contribution in [1.82, 2.24) is 5.32 Å². The normalized spacial score (nSPS) is 12.9. The average Bonchev–Trinajstić information content (AvgIpc) is 3.14. The molecule has 1 atom stereocenters. The molecule has 1 aliphatic rings. The molecule has 1 unspecified atom stereocenters. The number of carboxylic acid groups (broad SMARTS) is 1. The maximum atomic E-state index is 14.2. The number of carboxylic acids is 1. The molecule has 174 valence electrons. The minimum absolute atomic E-state index is 0.00152. The number of alkyl carbamates (subject to hydrolysis) is 1. The van der Waals surface area contributed by atoms with E-state index in [0.717, 1.165) is 22.3 Å². The van der Waals surface area contributed by atoms with E-state index in [9.17, 15) is 23.9 Å². The van der Waals surface area contributed by atoms with Gasteiger partial charge in [0, 0.05) is 5.92 Å². The number of fused-ring (bicyclic) bond motifs is 3. The van der Waals surface area contributed by atoms with Crippen molar-refractivity contribution in [3.8, 4) is 11.1 Å². The summed E-state index contributed by atoms with van der Waals surface area (Å²) in [5, 5.41) is 13.8. The molecule has 3 N–H and O–H groups in total. The summed E-state index contributed by atoms with van der Waals surface area (Å²) in [6, 6.07) is 18.5. The van der Waals surface area contributed by atoms with Gasteiger partial charge in [0.15, 0.2) is 5.82 Å². The van der Waals surface area contributed by atoms with Gasteiger partial charge in [-0.1, -0.05) is 54.6 Å². The van der Waals surface area contributed by atoms with Gasteiger partial charge in [0.2, 0.25) is 5.91 Å². The van der Waals surface area contributed by atoms with Crippen LogP contribution >= 0.6 is 15.9 Å². The summed E-state index contributed by atoms with van der Waals surface area (Å²) in [5.41, 5.74) is 4.00. The van der Waals surface area contributed by atoms with Gasteiger partial charge in [-0.3, -0.25) is 9.59 Å². The summed E-state index contributed by atoms with van der Waals surface area (Å²) in [4.78, 5) is 36.4. The molecule has 3 aromatic rings. The van der Waals surface area contributed by atoms with Crippen LogP contribution in [-0.2, 0) is 14.3 Å². The number of hydrogen-bond acceptors (Lipinski definition) is 4. The minimum atomic E-state index is -1.47. The third-order valence-corrected chi connectivity index (χ3v) is 6.15. The third kappa shape index (κ3) is 4.94. The molecule has 2 amide bonds. The number of carbonyl (C=O) groups is 3. The highest BCUT2D eigenvalue weighted by Crippen LogP contribution is 2.44. The number of rotatable bonds is 7. The second-order valence-electron chi connectivity index (χ2n) is 7.71. The van der Waals surface area contributed by atoms with Crippen LogP contribution in [0.25, 0.3) is 11.1 Å². The van der Waals surface area contributed by atoms with Crippen molar-refractivity contribution in [1.29, 1.82) is 0 Å². The van der Waals surface area contributed by atoms with E-state index in [0.29, 0.717) is 0 Å². The van der Waals surface area contributed by atoms with Gasteiger partial charge < -0.3 is 20.5 Å². The Bertz CT molecular complexity index is 1220. The fourth-order valence-electron chi connectivity index (χ4n) is 3.99. The monoisotopic (exact) mass is 526 g/mol. The molecule has 1 aliphatic carbocycles. The first-order valence-electron chi connectivity index (χ1n) is 10.4. The van der Waals surface area contributed by atoms with Gasteiger partial charge in [-0.05, 0) is 50.3 Å². The molecule has 0 heterocycles. The molecule has 0 bridgehead atoms. The predicted molar refractivity (Wildman–Crippen MR) is 127 cm³/mol. The summed E-state index contributed by atoms with van der Waals surface area (Å²) in [7, 11) is 0. The van der Waals surface area contributed by atoms with Crippen LogP contribution in [0.5, 0.6) is 0 Å². The highest BCUT2D eigenvalue weighted by atomic mass is 79.9. The maximum Gasteiger partial charge on any atom is 0.407 e. The largest absolute Gasteiger partial charge is 0.481 e. The van der Waals surface area contributed by atoms with Crippen LogP contribution < -0.4 is 10.6 Å². The lowest BCUT2D eigenvalue weighted by molar-refractivity contribution is -0.139. The molecule has 9 heteroatoms. The zero-order valence-corrected chi connectivity index (χ0v) is 19.3. The van der Waals surface area contributed by atoms with Crippen LogP contribution in [0.4, 0.5) is 14.9 Å². The number of halogens is 2. The Balaban J connectivity index is 1.44. The highest BCUT2D eigenvalue weighted by Gasteiger charge is 2.30. The Morgan fingerprint density at radius 3 is 2.21 bits per heavy atom. The molecular weight excluding hydrogens is 507 g/mol. The first-order valence-corrected chi connectivity index (χ1v) is 11.2. The lowest BCUT2D eigenvalue weighted by atomic mass is 9.98. The number of hydrogen-bond donors (Lipinski definition) is 3. The second-order valence-corrected chi connectivity index (χ2v) is 8.57. The second kappa shape index (κ2) is 10.0. The minimum Gasteiger partial charge on any atom is -0.481 e. The van der Waals surface area contributed by atoms with E-state index >= 15 is 0 Å². The number of ether oxygens (including phenoxy) is 1. The summed E-state index contributed by atoms with van der Waals surface area (Å²) in [6.45, 7) is 0.00152. The van der Waals surface area contributed by atoms with Gasteiger partial charge in [0.1, 0.15) is 12.6 Å². The van der Waals surface area contributed by atoms with Crippen LogP contribution in [0.2, 0.25) is 0 Å². The lowest BCUT2D eigenvalue weighted by Crippen LogP contribution is -2.45. The van der Waals surface area contributed by atoms with Crippen LogP contribution in [0.1, 0.15) is 23.5 Å². The Morgan fingerprint density at radius 2 is 1.59 bits per heavy atom. The van der Waals surface area contributed by atoms with E-state index in [1.54, 1.807) is 0 Å². The number of benzene rings is 3. The molecule has 0 radical (unpaired) electrons. The first kappa shape index (κ1) is 23.4. The molecule has 4 rings (SSSR count). The molecule has 0 aliphatic heterocycles. The lowest BCUT2D eigenvalue weighted by Gasteiger charge is -2.19. The molecule has 0 saturated heterocycles. The van der Waals surface area contributed by atoms with Crippen molar-refractivity contribution in [2.45, 2.75) is 18.4 Å². The Hall–Kier alpha value is -3.72. The van der Waals surface area contributed by atoms with Crippen molar-refractivity contribution >= 4 is 39.6 Å². The third-order valence-electron chi connectivity index (χ3n) is 5.54. The SMILES string of the molecule is O=C(O)CC(NC(=O)OCC1c2ccccc2-c2ccccc21)C(=O)Nc1cccc(Br)c1F. The van der Waals surface area contributed by atoms with Crippen LogP contribution in [0.3, 0.4) is 0 Å². The van der Waals surface area contributed by atoms with Crippen molar-refractivity contribution in [3.63, 3.8) is 0 Å². The summed E-state index contributed by atoms with van der Waals surface area (Å²) in [5.74, 6) is -3.10. The number of nitrogens with one attached hydrogen (secondary N) is 2. The molecular formula is C25H20BrFN2O5. The topological polar surface area (TPSA) is 105 Å². The fraction of sp³-hybridized carbons (Fsp3) is 0.160. The Labute approximate surface area is 203 Å². The quantitative estimate of drug-likeness (QED) is 0.405. The van der Waals surface area contributed by atoms with E-state index in [-0.39, 0.29) is 22.7 Å².